The van der Waals surface area contributed by atoms with Crippen molar-refractivity contribution in [3.8, 4) is 0 Å². The first-order valence-corrected chi connectivity index (χ1v) is 6.53. The quantitative estimate of drug-likeness (QED) is 0.817. The molecule has 0 atom stereocenters. The third-order valence-electron chi connectivity index (χ3n) is 3.36. The van der Waals surface area contributed by atoms with Gasteiger partial charge in [0.15, 0.2) is 5.66 Å². The molecule has 3 heteroatoms. The summed E-state index contributed by atoms with van der Waals surface area (Å²) in [4.78, 5) is 9.22. The SMILES string of the molecule is C1=NC(Cc2ccccc2)(Cc2ccccc2)N=C1.Cl. The van der Waals surface area contributed by atoms with Crippen LogP contribution in [-0.2, 0) is 12.8 Å². The Labute approximate surface area is 125 Å². The van der Waals surface area contributed by atoms with Crippen LogP contribution in [0, 0.1) is 0 Å². The average Bonchev–Trinajstić information content (AvgIpc) is 2.89. The second-order valence-electron chi connectivity index (χ2n) is 4.86. The van der Waals surface area contributed by atoms with E-state index in [4.69, 9.17) is 0 Å². The van der Waals surface area contributed by atoms with Gasteiger partial charge in [-0.2, -0.15) is 0 Å². The van der Waals surface area contributed by atoms with Crippen LogP contribution in [0.25, 0.3) is 0 Å². The van der Waals surface area contributed by atoms with Crippen molar-refractivity contribution in [2.24, 2.45) is 9.98 Å². The van der Waals surface area contributed by atoms with E-state index < -0.39 is 0 Å². The first-order chi connectivity index (χ1) is 9.36. The minimum Gasteiger partial charge on any atom is -0.261 e. The van der Waals surface area contributed by atoms with Gasteiger partial charge >= 0.3 is 0 Å². The van der Waals surface area contributed by atoms with Crippen molar-refractivity contribution in [1.29, 1.82) is 0 Å². The van der Waals surface area contributed by atoms with Crippen molar-refractivity contribution in [3.05, 3.63) is 71.8 Å². The summed E-state index contributed by atoms with van der Waals surface area (Å²) in [5.74, 6) is 0. The van der Waals surface area contributed by atoms with Gasteiger partial charge in [0, 0.05) is 25.3 Å². The van der Waals surface area contributed by atoms with Gasteiger partial charge in [0.25, 0.3) is 0 Å². The van der Waals surface area contributed by atoms with Crippen LogP contribution in [0.3, 0.4) is 0 Å². The number of nitrogens with zero attached hydrogens (tertiary/aromatic N) is 2. The lowest BCUT2D eigenvalue weighted by Gasteiger charge is -2.23. The van der Waals surface area contributed by atoms with Crippen LogP contribution in [0.1, 0.15) is 11.1 Å². The summed E-state index contributed by atoms with van der Waals surface area (Å²) in [5.41, 5.74) is 2.19. The molecular weight excluding hydrogens is 268 g/mol. The second-order valence-corrected chi connectivity index (χ2v) is 4.86. The van der Waals surface area contributed by atoms with Gasteiger partial charge in [-0.25, -0.2) is 0 Å². The summed E-state index contributed by atoms with van der Waals surface area (Å²) in [6, 6.07) is 20.9. The van der Waals surface area contributed by atoms with Gasteiger partial charge in [0.1, 0.15) is 0 Å². The molecule has 0 aliphatic carbocycles. The van der Waals surface area contributed by atoms with Crippen LogP contribution < -0.4 is 0 Å². The Kier molecular flexibility index (Phi) is 4.70. The molecule has 1 heterocycles. The molecule has 0 saturated carbocycles. The molecule has 0 unspecified atom stereocenters. The molecule has 102 valence electrons. The predicted octanol–water partition coefficient (Wildman–Crippen LogP) is 3.75. The van der Waals surface area contributed by atoms with Gasteiger partial charge < -0.3 is 0 Å². The number of benzene rings is 2. The van der Waals surface area contributed by atoms with Crippen LogP contribution in [0.15, 0.2) is 70.6 Å². The number of aliphatic imine (C=N–C) groups is 2. The minimum atomic E-state index is -0.358. The zero-order valence-electron chi connectivity index (χ0n) is 11.1. The molecule has 0 saturated heterocycles. The van der Waals surface area contributed by atoms with Crippen molar-refractivity contribution in [1.82, 2.24) is 0 Å². The zero-order valence-corrected chi connectivity index (χ0v) is 12.0. The Morgan fingerprint density at radius 3 is 1.45 bits per heavy atom. The first kappa shape index (κ1) is 14.5. The fraction of sp³-hybridized carbons (Fsp3) is 0.176. The second kappa shape index (κ2) is 6.49. The highest BCUT2D eigenvalue weighted by Crippen LogP contribution is 2.26. The molecule has 0 fully saturated rings. The third kappa shape index (κ3) is 3.34. The standard InChI is InChI=1S/C17H16N2.ClH/c1-3-7-15(8-4-1)13-17(18-11-12-19-17)14-16-9-5-2-6-10-16;/h1-12H,13-14H2;1H. The topological polar surface area (TPSA) is 24.7 Å². The monoisotopic (exact) mass is 284 g/mol. The van der Waals surface area contributed by atoms with Crippen molar-refractivity contribution < 1.29 is 0 Å². The minimum absolute atomic E-state index is 0. The molecule has 3 rings (SSSR count). The normalized spacial score (nSPS) is 15.0. The maximum atomic E-state index is 4.61. The van der Waals surface area contributed by atoms with Crippen LogP contribution in [-0.4, -0.2) is 18.1 Å². The molecule has 0 radical (unpaired) electrons. The molecule has 0 N–H and O–H groups in total. The van der Waals surface area contributed by atoms with E-state index in [1.54, 1.807) is 0 Å². The van der Waals surface area contributed by atoms with Gasteiger partial charge in [0.2, 0.25) is 0 Å². The van der Waals surface area contributed by atoms with E-state index in [1.807, 2.05) is 24.6 Å². The summed E-state index contributed by atoms with van der Waals surface area (Å²) in [6.07, 6.45) is 5.31. The number of halogens is 1. The van der Waals surface area contributed by atoms with Gasteiger partial charge in [0.05, 0.1) is 0 Å². The van der Waals surface area contributed by atoms with Crippen molar-refractivity contribution in [2.45, 2.75) is 18.5 Å². The third-order valence-corrected chi connectivity index (χ3v) is 3.36. The predicted molar refractivity (Wildman–Crippen MR) is 87.3 cm³/mol. The van der Waals surface area contributed by atoms with E-state index in [9.17, 15) is 0 Å². The first-order valence-electron chi connectivity index (χ1n) is 6.53. The molecule has 0 aromatic heterocycles. The zero-order chi connectivity index (χ0) is 13.0. The lowest BCUT2D eigenvalue weighted by atomic mass is 9.94. The largest absolute Gasteiger partial charge is 0.261 e. The van der Waals surface area contributed by atoms with Crippen molar-refractivity contribution in [2.75, 3.05) is 0 Å². The van der Waals surface area contributed by atoms with Crippen LogP contribution in [0.4, 0.5) is 0 Å². The Morgan fingerprint density at radius 2 is 1.05 bits per heavy atom. The number of rotatable bonds is 4. The van der Waals surface area contributed by atoms with E-state index in [0.717, 1.165) is 12.8 Å². The van der Waals surface area contributed by atoms with Gasteiger partial charge in [-0.05, 0) is 11.1 Å². The van der Waals surface area contributed by atoms with Crippen LogP contribution in [0.2, 0.25) is 0 Å². The van der Waals surface area contributed by atoms with Crippen LogP contribution in [0.5, 0.6) is 0 Å². The molecule has 2 aromatic carbocycles. The summed E-state index contributed by atoms with van der Waals surface area (Å²) in [7, 11) is 0. The van der Waals surface area contributed by atoms with Gasteiger partial charge in [-0.3, -0.25) is 9.98 Å². The van der Waals surface area contributed by atoms with Gasteiger partial charge in [-0.1, -0.05) is 60.7 Å². The molecule has 0 amide bonds. The maximum absolute atomic E-state index is 4.61. The van der Waals surface area contributed by atoms with E-state index >= 15 is 0 Å². The number of hydrogen-bond acceptors (Lipinski definition) is 2. The van der Waals surface area contributed by atoms with E-state index in [1.165, 1.54) is 11.1 Å². The highest BCUT2D eigenvalue weighted by molar-refractivity contribution is 6.17. The Bertz CT molecular complexity index is 535. The van der Waals surface area contributed by atoms with Crippen molar-refractivity contribution >= 4 is 24.8 Å². The lowest BCUT2D eigenvalue weighted by Crippen LogP contribution is -2.28. The Hall–Kier alpha value is -1.93. The Morgan fingerprint density at radius 1 is 0.650 bits per heavy atom. The summed E-state index contributed by atoms with van der Waals surface area (Å²) >= 11 is 0. The summed E-state index contributed by atoms with van der Waals surface area (Å²) in [5, 5.41) is 0. The molecular formula is C17H17ClN2. The number of hydrogen-bond donors (Lipinski definition) is 0. The van der Waals surface area contributed by atoms with E-state index in [-0.39, 0.29) is 18.1 Å². The molecule has 2 nitrogen and oxygen atoms in total. The average molecular weight is 285 g/mol. The highest BCUT2D eigenvalue weighted by atomic mass is 35.5. The van der Waals surface area contributed by atoms with Gasteiger partial charge in [-0.15, -0.1) is 12.4 Å². The smallest absolute Gasteiger partial charge is 0.158 e. The van der Waals surface area contributed by atoms with E-state index in [2.05, 4.69) is 58.5 Å². The summed E-state index contributed by atoms with van der Waals surface area (Å²) in [6.45, 7) is 0. The Balaban J connectivity index is 0.00000147. The molecule has 2 aromatic rings. The van der Waals surface area contributed by atoms with Crippen LogP contribution >= 0.6 is 12.4 Å². The highest BCUT2D eigenvalue weighted by Gasteiger charge is 2.30. The molecule has 0 bridgehead atoms. The lowest BCUT2D eigenvalue weighted by molar-refractivity contribution is 0.454. The molecule has 1 aliphatic rings. The van der Waals surface area contributed by atoms with E-state index in [0.29, 0.717) is 0 Å². The molecule has 1 aliphatic heterocycles. The van der Waals surface area contributed by atoms with Crippen molar-refractivity contribution in [3.63, 3.8) is 0 Å². The molecule has 20 heavy (non-hydrogen) atoms. The maximum Gasteiger partial charge on any atom is 0.158 e. The summed E-state index contributed by atoms with van der Waals surface area (Å²) < 4.78 is 0. The molecule has 0 spiro atoms. The fourth-order valence-electron chi connectivity index (χ4n) is 2.47. The fourth-order valence-corrected chi connectivity index (χ4v) is 2.47.